The Bertz CT molecular complexity index is 1130. The molecule has 1 atom stereocenters. The Balaban J connectivity index is 1.63. The van der Waals surface area contributed by atoms with E-state index >= 15 is 0 Å². The first-order valence-electron chi connectivity index (χ1n) is 7.94. The van der Waals surface area contributed by atoms with Crippen LogP contribution in [0.2, 0.25) is 5.02 Å². The zero-order valence-corrected chi connectivity index (χ0v) is 14.9. The molecule has 0 radical (unpaired) electrons. The minimum absolute atomic E-state index is 0.0152. The Morgan fingerprint density at radius 3 is 2.64 bits per heavy atom. The maximum absolute atomic E-state index is 13.0. The summed E-state index contributed by atoms with van der Waals surface area (Å²) in [5.41, 5.74) is -0.824. The zero-order valence-electron chi connectivity index (χ0n) is 14.1. The maximum atomic E-state index is 13.0. The van der Waals surface area contributed by atoms with Gasteiger partial charge in [-0.1, -0.05) is 11.6 Å². The Labute approximate surface area is 160 Å². The lowest BCUT2D eigenvalue weighted by Crippen LogP contribution is -2.15. The summed E-state index contributed by atoms with van der Waals surface area (Å²) in [7, 11) is 0. The highest BCUT2D eigenvalue weighted by Crippen LogP contribution is 2.37. The Morgan fingerprint density at radius 2 is 1.93 bits per heavy atom. The third-order valence-corrected chi connectivity index (χ3v) is 4.14. The Hall–Kier alpha value is -3.21. The van der Waals surface area contributed by atoms with Crippen molar-refractivity contribution in [3.63, 3.8) is 0 Å². The second-order valence-electron chi connectivity index (χ2n) is 5.76. The number of alkyl halides is 3. The van der Waals surface area contributed by atoms with E-state index < -0.39 is 22.8 Å². The van der Waals surface area contributed by atoms with Gasteiger partial charge in [0.15, 0.2) is 11.4 Å². The number of hydrogen-bond acceptors (Lipinski definition) is 7. The highest BCUT2D eigenvalue weighted by Gasteiger charge is 2.34. The molecule has 1 unspecified atom stereocenters. The molecule has 8 nitrogen and oxygen atoms in total. The van der Waals surface area contributed by atoms with E-state index in [1.165, 1.54) is 11.0 Å². The Kier molecular flexibility index (Phi) is 4.38. The summed E-state index contributed by atoms with van der Waals surface area (Å²) in [5, 5.41) is 6.57. The van der Waals surface area contributed by atoms with Crippen molar-refractivity contribution in [1.29, 1.82) is 0 Å². The molecule has 4 rings (SSSR count). The molecular weight excluding hydrogens is 399 g/mol. The van der Waals surface area contributed by atoms with Gasteiger partial charge in [-0.2, -0.15) is 27.9 Å². The van der Waals surface area contributed by atoms with E-state index in [1.807, 2.05) is 0 Å². The van der Waals surface area contributed by atoms with E-state index in [4.69, 9.17) is 16.0 Å². The molecule has 28 heavy (non-hydrogen) atoms. The van der Waals surface area contributed by atoms with Crippen molar-refractivity contribution in [1.82, 2.24) is 29.7 Å². The lowest BCUT2D eigenvalue weighted by molar-refractivity contribution is -0.137. The van der Waals surface area contributed by atoms with Gasteiger partial charge in [0.05, 0.1) is 16.6 Å². The summed E-state index contributed by atoms with van der Waals surface area (Å²) in [6.45, 7) is 1.76. The van der Waals surface area contributed by atoms with E-state index in [9.17, 15) is 13.2 Å². The van der Waals surface area contributed by atoms with Crippen molar-refractivity contribution in [2.45, 2.75) is 19.1 Å². The van der Waals surface area contributed by atoms with Crippen LogP contribution in [0.4, 0.5) is 19.2 Å². The minimum atomic E-state index is -4.59. The van der Waals surface area contributed by atoms with Gasteiger partial charge in [-0.05, 0) is 19.1 Å². The summed E-state index contributed by atoms with van der Waals surface area (Å²) in [4.78, 5) is 16.4. The Morgan fingerprint density at radius 1 is 1.18 bits per heavy atom. The van der Waals surface area contributed by atoms with Gasteiger partial charge in [-0.15, -0.1) is 0 Å². The molecule has 0 bridgehead atoms. The molecule has 0 saturated carbocycles. The predicted molar refractivity (Wildman–Crippen MR) is 93.0 cm³/mol. The fourth-order valence-corrected chi connectivity index (χ4v) is 2.84. The molecule has 0 aliphatic rings. The van der Waals surface area contributed by atoms with E-state index in [-0.39, 0.29) is 17.1 Å². The lowest BCUT2D eigenvalue weighted by Gasteiger charge is -2.11. The zero-order chi connectivity index (χ0) is 19.9. The number of nitrogens with one attached hydrogen (secondary N) is 1. The first kappa shape index (κ1) is 18.2. The topological polar surface area (TPSA) is 94.6 Å². The van der Waals surface area contributed by atoms with Crippen LogP contribution in [0.25, 0.3) is 17.0 Å². The van der Waals surface area contributed by atoms with Gasteiger partial charge in [-0.3, -0.25) is 0 Å². The van der Waals surface area contributed by atoms with Crippen molar-refractivity contribution in [3.05, 3.63) is 53.3 Å². The van der Waals surface area contributed by atoms with Gasteiger partial charge in [0.25, 0.3) is 12.0 Å². The summed E-state index contributed by atoms with van der Waals surface area (Å²) in [5.74, 6) is 0.783. The summed E-state index contributed by atoms with van der Waals surface area (Å²) in [6, 6.07) is 3.15. The van der Waals surface area contributed by atoms with Gasteiger partial charge in [0, 0.05) is 18.5 Å². The lowest BCUT2D eigenvalue weighted by atomic mass is 10.2. The van der Waals surface area contributed by atoms with Crippen molar-refractivity contribution in [3.8, 4) is 5.95 Å². The van der Waals surface area contributed by atoms with Gasteiger partial charge >= 0.3 is 6.18 Å². The number of oxazole rings is 1. The van der Waals surface area contributed by atoms with Gasteiger partial charge in [0.1, 0.15) is 11.8 Å². The highest BCUT2D eigenvalue weighted by molar-refractivity contribution is 6.32. The number of fused-ring (bicyclic) bond motifs is 1. The van der Waals surface area contributed by atoms with E-state index in [0.29, 0.717) is 11.8 Å². The van der Waals surface area contributed by atoms with Crippen LogP contribution in [0.15, 0.2) is 41.3 Å². The van der Waals surface area contributed by atoms with Crippen LogP contribution in [0.5, 0.6) is 0 Å². The molecule has 1 aromatic carbocycles. The average Bonchev–Trinajstić information content (AvgIpc) is 3.27. The third-order valence-electron chi connectivity index (χ3n) is 3.83. The van der Waals surface area contributed by atoms with Crippen LogP contribution < -0.4 is 5.32 Å². The van der Waals surface area contributed by atoms with Gasteiger partial charge in [0.2, 0.25) is 0 Å². The summed E-state index contributed by atoms with van der Waals surface area (Å²) < 4.78 is 45.9. The number of anilines is 1. The standard InChI is InChI=1S/C16H11ClF3N7O/c1-8(13-23-7-24-27(13)14-21-3-2-4-22-14)25-15-26-11-5-9(16(18,19)20)10(17)6-12(11)28-15/h2-8H,1H3,(H,25,26). The molecule has 0 aliphatic carbocycles. The molecule has 0 fully saturated rings. The number of benzene rings is 1. The minimum Gasteiger partial charge on any atom is -0.423 e. The number of nitrogens with zero attached hydrogens (tertiary/aromatic N) is 6. The molecule has 0 aliphatic heterocycles. The summed E-state index contributed by atoms with van der Waals surface area (Å²) in [6.07, 6.45) is -0.119. The smallest absolute Gasteiger partial charge is 0.417 e. The predicted octanol–water partition coefficient (Wildman–Crippen LogP) is 4.04. The molecular formula is C16H11ClF3N7O. The van der Waals surface area contributed by atoms with Crippen molar-refractivity contribution >= 4 is 28.7 Å². The second kappa shape index (κ2) is 6.75. The van der Waals surface area contributed by atoms with E-state index in [1.54, 1.807) is 25.4 Å². The fraction of sp³-hybridized carbons (Fsp3) is 0.188. The molecule has 3 heterocycles. The van der Waals surface area contributed by atoms with Crippen LogP contribution in [0.3, 0.4) is 0 Å². The highest BCUT2D eigenvalue weighted by atomic mass is 35.5. The van der Waals surface area contributed by atoms with Crippen LogP contribution >= 0.6 is 11.6 Å². The molecule has 12 heteroatoms. The quantitative estimate of drug-likeness (QED) is 0.543. The number of rotatable bonds is 4. The largest absolute Gasteiger partial charge is 0.423 e. The molecule has 4 aromatic rings. The van der Waals surface area contributed by atoms with Crippen molar-refractivity contribution in [2.24, 2.45) is 0 Å². The van der Waals surface area contributed by atoms with E-state index in [2.05, 4.69) is 30.4 Å². The number of hydrogen-bond donors (Lipinski definition) is 1. The number of aromatic nitrogens is 6. The molecule has 3 aromatic heterocycles. The van der Waals surface area contributed by atoms with Crippen LogP contribution in [-0.4, -0.2) is 29.7 Å². The fourth-order valence-electron chi connectivity index (χ4n) is 2.58. The molecule has 144 valence electrons. The summed E-state index contributed by atoms with van der Waals surface area (Å²) >= 11 is 5.71. The van der Waals surface area contributed by atoms with Gasteiger partial charge in [-0.25, -0.2) is 15.0 Å². The van der Waals surface area contributed by atoms with Crippen LogP contribution in [0, 0.1) is 0 Å². The first-order chi connectivity index (χ1) is 13.3. The molecule has 0 spiro atoms. The van der Waals surface area contributed by atoms with Gasteiger partial charge < -0.3 is 9.73 Å². The monoisotopic (exact) mass is 409 g/mol. The first-order valence-corrected chi connectivity index (χ1v) is 8.32. The average molecular weight is 410 g/mol. The van der Waals surface area contributed by atoms with Crippen LogP contribution in [0.1, 0.15) is 24.4 Å². The normalized spacial score (nSPS) is 13.0. The molecule has 1 N–H and O–H groups in total. The third kappa shape index (κ3) is 3.36. The van der Waals surface area contributed by atoms with Crippen LogP contribution in [-0.2, 0) is 6.18 Å². The molecule has 0 saturated heterocycles. The van der Waals surface area contributed by atoms with Crippen molar-refractivity contribution in [2.75, 3.05) is 5.32 Å². The SMILES string of the molecule is CC(Nc1nc2cc(C(F)(F)F)c(Cl)cc2o1)c1ncnn1-c1ncccn1. The maximum Gasteiger partial charge on any atom is 0.417 e. The second-order valence-corrected chi connectivity index (χ2v) is 6.17. The number of halogens is 4. The molecule has 0 amide bonds. The van der Waals surface area contributed by atoms with Crippen molar-refractivity contribution < 1.29 is 17.6 Å². The van der Waals surface area contributed by atoms with E-state index in [0.717, 1.165) is 12.1 Å².